The van der Waals surface area contributed by atoms with E-state index in [9.17, 15) is 28.8 Å². The maximum absolute atomic E-state index is 13.1. The number of nitrogens with one attached hydrogen (secondary N) is 5. The van der Waals surface area contributed by atoms with E-state index >= 15 is 0 Å². The van der Waals surface area contributed by atoms with Gasteiger partial charge in [-0.15, -0.1) is 0 Å². The van der Waals surface area contributed by atoms with Crippen LogP contribution in [0.4, 0.5) is 4.79 Å². The number of ketones is 1. The molecule has 0 aliphatic rings. The van der Waals surface area contributed by atoms with Crippen LogP contribution in [0.2, 0.25) is 0 Å². The fraction of sp³-hybridized carbons (Fsp3) is 0.842. The number of nitrogens with two attached hydrogens (primary N) is 1. The zero-order valence-corrected chi connectivity index (χ0v) is 34.5. The van der Waals surface area contributed by atoms with Crippen LogP contribution in [-0.2, 0) is 42.9 Å². The number of hydrogen-bond donors (Lipinski definition) is 6. The van der Waals surface area contributed by atoms with E-state index in [1.165, 1.54) is 0 Å². The lowest BCUT2D eigenvalue weighted by Crippen LogP contribution is -2.54. The molecule has 54 heavy (non-hydrogen) atoms. The molecular weight excluding hydrogens is 700 g/mol. The van der Waals surface area contributed by atoms with Crippen LogP contribution in [-0.4, -0.2) is 118 Å². The standard InChI is InChI=1S/C38H72N6O10/c1-10-12-32(47)44-37(6,7)17-21-54-38(8,9)16-14-30(45)40-19-22-52-24-26-53-25-23-51-20-15-31(46)43-33(27(2)3)35(49)42-29(34(48)28(4)5)13-11-18-41-36(39)50/h27-29,33H,10-26H2,1-9H3,(H,40,45)(H,42,49)(H,43,46)(H,44,47)(H3,39,41,50). The molecule has 2 atom stereocenters. The van der Waals surface area contributed by atoms with Crippen molar-refractivity contribution >= 4 is 35.4 Å². The maximum Gasteiger partial charge on any atom is 0.312 e. The molecule has 314 valence electrons. The van der Waals surface area contributed by atoms with Crippen molar-refractivity contribution in [1.29, 1.82) is 0 Å². The third-order valence-corrected chi connectivity index (χ3v) is 8.38. The van der Waals surface area contributed by atoms with Gasteiger partial charge in [0.15, 0.2) is 5.78 Å². The summed E-state index contributed by atoms with van der Waals surface area (Å²) in [4.78, 5) is 73.5. The Bertz CT molecular complexity index is 1130. The van der Waals surface area contributed by atoms with Crippen molar-refractivity contribution in [1.82, 2.24) is 26.6 Å². The number of hydrogen-bond acceptors (Lipinski definition) is 10. The van der Waals surface area contributed by atoms with Crippen molar-refractivity contribution in [2.45, 2.75) is 137 Å². The first kappa shape index (κ1) is 50.7. The molecule has 16 nitrogen and oxygen atoms in total. The first-order valence-corrected chi connectivity index (χ1v) is 19.4. The summed E-state index contributed by atoms with van der Waals surface area (Å²) in [6.45, 7) is 19.8. The Labute approximate surface area is 323 Å². The fourth-order valence-corrected chi connectivity index (χ4v) is 5.10. The number of rotatable bonds is 32. The third-order valence-electron chi connectivity index (χ3n) is 8.38. The molecule has 0 aromatic heterocycles. The van der Waals surface area contributed by atoms with Gasteiger partial charge in [0.2, 0.25) is 23.6 Å². The third kappa shape index (κ3) is 26.4. The number of Topliss-reactive ketones (excluding diaryl/α,β-unsaturated/α-hetero) is 1. The molecule has 0 rings (SSSR count). The van der Waals surface area contributed by atoms with Crippen LogP contribution >= 0.6 is 0 Å². The van der Waals surface area contributed by atoms with Crippen molar-refractivity contribution < 1.29 is 47.7 Å². The minimum Gasteiger partial charge on any atom is -0.379 e. The van der Waals surface area contributed by atoms with Gasteiger partial charge in [-0.1, -0.05) is 34.6 Å². The minimum atomic E-state index is -0.839. The SMILES string of the molecule is CCCC(=O)NC(C)(C)CCOC(C)(C)CCC(=O)NCCOCCOCCOCCC(=O)NC(C(=O)NC(CCCNC(N)=O)C(=O)C(C)C)C(C)C. The van der Waals surface area contributed by atoms with Crippen LogP contribution in [0.15, 0.2) is 0 Å². The topological polar surface area (TPSA) is 226 Å². The molecule has 6 amide bonds. The molecule has 0 fully saturated rings. The van der Waals surface area contributed by atoms with E-state index in [0.717, 1.165) is 6.42 Å². The lowest BCUT2D eigenvalue weighted by molar-refractivity contribution is -0.133. The van der Waals surface area contributed by atoms with Crippen LogP contribution in [0, 0.1) is 11.8 Å². The summed E-state index contributed by atoms with van der Waals surface area (Å²) in [5.41, 5.74) is 4.25. The molecule has 0 aromatic rings. The Kier molecular flexibility index (Phi) is 26.4. The lowest BCUT2D eigenvalue weighted by atomic mass is 9.96. The largest absolute Gasteiger partial charge is 0.379 e. The molecule has 0 bridgehead atoms. The number of primary amides is 1. The van der Waals surface area contributed by atoms with Gasteiger partial charge in [-0.05, 0) is 65.7 Å². The van der Waals surface area contributed by atoms with E-state index in [1.54, 1.807) is 27.7 Å². The van der Waals surface area contributed by atoms with Gasteiger partial charge in [-0.2, -0.15) is 0 Å². The molecule has 0 saturated carbocycles. The molecule has 0 saturated heterocycles. The van der Waals surface area contributed by atoms with Gasteiger partial charge >= 0.3 is 6.03 Å². The average molecular weight is 773 g/mol. The maximum atomic E-state index is 13.1. The van der Waals surface area contributed by atoms with Crippen LogP contribution in [0.5, 0.6) is 0 Å². The molecule has 0 aliphatic carbocycles. The Morgan fingerprint density at radius 2 is 1.28 bits per heavy atom. The highest BCUT2D eigenvalue weighted by Gasteiger charge is 2.29. The highest BCUT2D eigenvalue weighted by Crippen LogP contribution is 2.19. The predicted molar refractivity (Wildman–Crippen MR) is 206 cm³/mol. The molecule has 2 unspecified atom stereocenters. The molecule has 0 radical (unpaired) electrons. The second kappa shape index (κ2) is 28.1. The Hall–Kier alpha value is -3.34. The molecule has 0 aromatic carbocycles. The molecular formula is C38H72N6O10. The van der Waals surface area contributed by atoms with Crippen molar-refractivity contribution in [3.8, 4) is 0 Å². The number of amides is 6. The van der Waals surface area contributed by atoms with Crippen LogP contribution < -0.4 is 32.3 Å². The van der Waals surface area contributed by atoms with E-state index in [-0.39, 0.29) is 67.1 Å². The summed E-state index contributed by atoms with van der Waals surface area (Å²) in [7, 11) is 0. The van der Waals surface area contributed by atoms with Crippen molar-refractivity contribution in [3.05, 3.63) is 0 Å². The summed E-state index contributed by atoms with van der Waals surface area (Å²) in [5.74, 6) is -1.52. The van der Waals surface area contributed by atoms with E-state index in [4.69, 9.17) is 24.7 Å². The summed E-state index contributed by atoms with van der Waals surface area (Å²) in [5, 5.41) is 13.9. The molecule has 0 spiro atoms. The minimum absolute atomic E-state index is 0.0401. The van der Waals surface area contributed by atoms with E-state index in [0.29, 0.717) is 78.1 Å². The molecule has 0 aliphatic heterocycles. The summed E-state index contributed by atoms with van der Waals surface area (Å²) < 4.78 is 22.5. The van der Waals surface area contributed by atoms with Gasteiger partial charge in [0.25, 0.3) is 0 Å². The van der Waals surface area contributed by atoms with Crippen molar-refractivity contribution in [2.24, 2.45) is 17.6 Å². The first-order chi connectivity index (χ1) is 25.3. The van der Waals surface area contributed by atoms with Crippen LogP contribution in [0.1, 0.15) is 114 Å². The number of carbonyl (C=O) groups excluding carboxylic acids is 6. The smallest absolute Gasteiger partial charge is 0.312 e. The van der Waals surface area contributed by atoms with Gasteiger partial charge in [0.05, 0.1) is 51.3 Å². The Morgan fingerprint density at radius 1 is 0.667 bits per heavy atom. The van der Waals surface area contributed by atoms with Gasteiger partial charge < -0.3 is 51.3 Å². The first-order valence-electron chi connectivity index (χ1n) is 19.4. The summed E-state index contributed by atoms with van der Waals surface area (Å²) >= 11 is 0. The zero-order chi connectivity index (χ0) is 41.2. The average Bonchev–Trinajstić information content (AvgIpc) is 3.07. The van der Waals surface area contributed by atoms with Crippen LogP contribution in [0.25, 0.3) is 0 Å². The zero-order valence-electron chi connectivity index (χ0n) is 34.5. The van der Waals surface area contributed by atoms with Gasteiger partial charge in [-0.25, -0.2) is 4.79 Å². The number of carbonyl (C=O) groups is 6. The van der Waals surface area contributed by atoms with Crippen LogP contribution in [0.3, 0.4) is 0 Å². The van der Waals surface area contributed by atoms with Crippen molar-refractivity contribution in [2.75, 3.05) is 59.3 Å². The van der Waals surface area contributed by atoms with Gasteiger partial charge in [-0.3, -0.25) is 24.0 Å². The van der Waals surface area contributed by atoms with E-state index in [2.05, 4.69) is 26.6 Å². The predicted octanol–water partition coefficient (Wildman–Crippen LogP) is 2.50. The fourth-order valence-electron chi connectivity index (χ4n) is 5.10. The highest BCUT2D eigenvalue weighted by molar-refractivity contribution is 5.93. The summed E-state index contributed by atoms with van der Waals surface area (Å²) in [6, 6.07) is -2.25. The number of urea groups is 1. The van der Waals surface area contributed by atoms with Gasteiger partial charge in [0, 0.05) is 50.4 Å². The quantitative estimate of drug-likeness (QED) is 0.0548. The van der Waals surface area contributed by atoms with Crippen molar-refractivity contribution in [3.63, 3.8) is 0 Å². The van der Waals surface area contributed by atoms with Gasteiger partial charge in [0.1, 0.15) is 6.04 Å². The van der Waals surface area contributed by atoms with E-state index < -0.39 is 29.6 Å². The second-order valence-electron chi connectivity index (χ2n) is 15.3. The Balaban J connectivity index is 4.15. The second-order valence-corrected chi connectivity index (χ2v) is 15.3. The normalized spacial score (nSPS) is 12.9. The molecule has 16 heteroatoms. The molecule has 0 heterocycles. The van der Waals surface area contributed by atoms with E-state index in [1.807, 2.05) is 34.6 Å². The monoisotopic (exact) mass is 773 g/mol. The highest BCUT2D eigenvalue weighted by atomic mass is 16.5. The lowest BCUT2D eigenvalue weighted by Gasteiger charge is -2.30. The summed E-state index contributed by atoms with van der Waals surface area (Å²) in [6.07, 6.45) is 3.67. The number of ether oxygens (including phenoxy) is 4. The molecule has 7 N–H and O–H groups in total. The Morgan fingerprint density at radius 3 is 1.85 bits per heavy atom.